The van der Waals surface area contributed by atoms with E-state index in [-0.39, 0.29) is 5.60 Å². The van der Waals surface area contributed by atoms with Crippen molar-refractivity contribution >= 4 is 11.6 Å². The number of hydrogen-bond donors (Lipinski definition) is 1. The highest BCUT2D eigenvalue weighted by Crippen LogP contribution is 2.22. The van der Waals surface area contributed by atoms with E-state index < -0.39 is 0 Å². The summed E-state index contributed by atoms with van der Waals surface area (Å²) in [6.45, 7) is 1.87. The van der Waals surface area contributed by atoms with E-state index in [1.807, 2.05) is 12.1 Å². The van der Waals surface area contributed by atoms with E-state index in [0.717, 1.165) is 24.5 Å². The fourth-order valence-corrected chi connectivity index (χ4v) is 1.85. The van der Waals surface area contributed by atoms with Crippen LogP contribution >= 0.6 is 11.6 Å². The molecule has 0 saturated carbocycles. The molecule has 0 spiro atoms. The maximum Gasteiger partial charge on any atom is 0.0966 e. The molecule has 1 aromatic carbocycles. The zero-order valence-electron chi connectivity index (χ0n) is 8.22. The first-order valence-electron chi connectivity index (χ1n) is 4.74. The molecule has 0 amide bonds. The number of rotatable bonds is 3. The molecule has 76 valence electrons. The largest absolute Gasteiger partial charge is 0.375 e. The van der Waals surface area contributed by atoms with Crippen LogP contribution in [-0.4, -0.2) is 25.8 Å². The van der Waals surface area contributed by atoms with Gasteiger partial charge in [-0.2, -0.15) is 0 Å². The Bertz CT molecular complexity index is 300. The highest BCUT2D eigenvalue weighted by molar-refractivity contribution is 6.30. The molecule has 1 aromatic rings. The maximum atomic E-state index is 5.82. The van der Waals surface area contributed by atoms with Gasteiger partial charge in [0.1, 0.15) is 0 Å². The Kier molecular flexibility index (Phi) is 2.77. The Morgan fingerprint density at radius 3 is 2.43 bits per heavy atom. The van der Waals surface area contributed by atoms with Crippen molar-refractivity contribution in [2.24, 2.45) is 0 Å². The van der Waals surface area contributed by atoms with Gasteiger partial charge in [0, 0.05) is 31.6 Å². The Hall–Kier alpha value is -0.570. The minimum absolute atomic E-state index is 0.00777. The molecule has 1 heterocycles. The van der Waals surface area contributed by atoms with Gasteiger partial charge in [-0.1, -0.05) is 23.7 Å². The van der Waals surface area contributed by atoms with Crippen LogP contribution in [0.15, 0.2) is 24.3 Å². The summed E-state index contributed by atoms with van der Waals surface area (Å²) in [5, 5.41) is 4.02. The second kappa shape index (κ2) is 3.89. The van der Waals surface area contributed by atoms with Gasteiger partial charge in [-0.05, 0) is 17.7 Å². The number of ether oxygens (including phenoxy) is 1. The Morgan fingerprint density at radius 2 is 2.00 bits per heavy atom. The average Bonchev–Trinajstić information content (AvgIpc) is 2.15. The van der Waals surface area contributed by atoms with Crippen molar-refractivity contribution < 1.29 is 4.74 Å². The molecular formula is C11H14ClNO. The molecule has 0 aliphatic carbocycles. The van der Waals surface area contributed by atoms with Crippen molar-refractivity contribution in [2.75, 3.05) is 20.2 Å². The third kappa shape index (κ3) is 1.92. The summed E-state index contributed by atoms with van der Waals surface area (Å²) in [4.78, 5) is 0. The topological polar surface area (TPSA) is 21.3 Å². The molecule has 0 radical (unpaired) electrons. The predicted octanol–water partition coefficient (Wildman–Crippen LogP) is 1.87. The molecule has 0 aromatic heterocycles. The summed E-state index contributed by atoms with van der Waals surface area (Å²) in [5.74, 6) is 0. The number of halogens is 1. The smallest absolute Gasteiger partial charge is 0.0966 e. The quantitative estimate of drug-likeness (QED) is 0.825. The molecule has 0 bridgehead atoms. The summed E-state index contributed by atoms with van der Waals surface area (Å²) < 4.78 is 5.51. The second-order valence-corrected chi connectivity index (χ2v) is 4.23. The summed E-state index contributed by atoms with van der Waals surface area (Å²) >= 11 is 5.82. The number of benzene rings is 1. The molecule has 1 N–H and O–H groups in total. The van der Waals surface area contributed by atoms with Crippen LogP contribution < -0.4 is 5.32 Å². The van der Waals surface area contributed by atoms with Crippen molar-refractivity contribution in [1.29, 1.82) is 0 Å². The molecule has 1 fully saturated rings. The summed E-state index contributed by atoms with van der Waals surface area (Å²) in [7, 11) is 1.77. The molecule has 2 nitrogen and oxygen atoms in total. The fraction of sp³-hybridized carbons (Fsp3) is 0.455. The number of methoxy groups -OCH3 is 1. The SMILES string of the molecule is COC1(Cc2ccc(Cl)cc2)CNC1. The Labute approximate surface area is 89.2 Å². The lowest BCUT2D eigenvalue weighted by Gasteiger charge is -2.41. The minimum Gasteiger partial charge on any atom is -0.375 e. The molecule has 1 aliphatic rings. The van der Waals surface area contributed by atoms with Crippen molar-refractivity contribution in [3.8, 4) is 0 Å². The third-order valence-corrected chi connectivity index (χ3v) is 3.02. The van der Waals surface area contributed by atoms with Crippen LogP contribution in [0.5, 0.6) is 0 Å². The van der Waals surface area contributed by atoms with Crippen LogP contribution in [0.25, 0.3) is 0 Å². The number of nitrogens with one attached hydrogen (secondary N) is 1. The van der Waals surface area contributed by atoms with Gasteiger partial charge in [-0.3, -0.25) is 0 Å². The predicted molar refractivity (Wildman–Crippen MR) is 57.8 cm³/mol. The van der Waals surface area contributed by atoms with Gasteiger partial charge in [0.2, 0.25) is 0 Å². The monoisotopic (exact) mass is 211 g/mol. The van der Waals surface area contributed by atoms with E-state index in [1.54, 1.807) is 7.11 Å². The molecular weight excluding hydrogens is 198 g/mol. The van der Waals surface area contributed by atoms with Crippen LogP contribution in [0.2, 0.25) is 5.02 Å². The van der Waals surface area contributed by atoms with Gasteiger partial charge in [0.15, 0.2) is 0 Å². The van der Waals surface area contributed by atoms with Gasteiger partial charge in [0.25, 0.3) is 0 Å². The second-order valence-electron chi connectivity index (χ2n) is 3.79. The van der Waals surface area contributed by atoms with E-state index in [4.69, 9.17) is 16.3 Å². The Morgan fingerprint density at radius 1 is 1.36 bits per heavy atom. The molecule has 1 saturated heterocycles. The van der Waals surface area contributed by atoms with Gasteiger partial charge in [-0.25, -0.2) is 0 Å². The maximum absolute atomic E-state index is 5.82. The van der Waals surface area contributed by atoms with E-state index in [0.29, 0.717) is 0 Å². The fourth-order valence-electron chi connectivity index (χ4n) is 1.72. The summed E-state index contributed by atoms with van der Waals surface area (Å²) in [6, 6.07) is 7.96. The van der Waals surface area contributed by atoms with E-state index in [2.05, 4.69) is 17.4 Å². The molecule has 3 heteroatoms. The average molecular weight is 212 g/mol. The molecule has 0 atom stereocenters. The lowest BCUT2D eigenvalue weighted by Crippen LogP contribution is -2.61. The standard InChI is InChI=1S/C11H14ClNO/c1-14-11(7-13-8-11)6-9-2-4-10(12)5-3-9/h2-5,13H,6-8H2,1H3. The van der Waals surface area contributed by atoms with Gasteiger partial charge < -0.3 is 10.1 Å². The third-order valence-electron chi connectivity index (χ3n) is 2.77. The van der Waals surface area contributed by atoms with Crippen LogP contribution in [0.4, 0.5) is 0 Å². The highest BCUT2D eigenvalue weighted by Gasteiger charge is 2.36. The van der Waals surface area contributed by atoms with Crippen LogP contribution in [0, 0.1) is 0 Å². The lowest BCUT2D eigenvalue weighted by atomic mass is 9.89. The first-order valence-corrected chi connectivity index (χ1v) is 5.12. The minimum atomic E-state index is 0.00777. The zero-order valence-corrected chi connectivity index (χ0v) is 8.97. The van der Waals surface area contributed by atoms with Crippen molar-refractivity contribution in [2.45, 2.75) is 12.0 Å². The van der Waals surface area contributed by atoms with Crippen molar-refractivity contribution in [1.82, 2.24) is 5.32 Å². The first-order chi connectivity index (χ1) is 6.74. The first kappa shape index (κ1) is 9.97. The number of hydrogen-bond acceptors (Lipinski definition) is 2. The van der Waals surface area contributed by atoms with Crippen molar-refractivity contribution in [3.05, 3.63) is 34.9 Å². The zero-order chi connectivity index (χ0) is 10.0. The van der Waals surface area contributed by atoms with Gasteiger partial charge in [0.05, 0.1) is 5.60 Å². The van der Waals surface area contributed by atoms with Gasteiger partial charge >= 0.3 is 0 Å². The van der Waals surface area contributed by atoms with Gasteiger partial charge in [-0.15, -0.1) is 0 Å². The summed E-state index contributed by atoms with van der Waals surface area (Å²) in [6.07, 6.45) is 0.952. The highest BCUT2D eigenvalue weighted by atomic mass is 35.5. The van der Waals surface area contributed by atoms with E-state index >= 15 is 0 Å². The summed E-state index contributed by atoms with van der Waals surface area (Å²) in [5.41, 5.74) is 1.28. The normalized spacial score (nSPS) is 19.0. The van der Waals surface area contributed by atoms with E-state index in [1.165, 1.54) is 5.56 Å². The lowest BCUT2D eigenvalue weighted by molar-refractivity contribution is -0.0502. The molecule has 2 rings (SSSR count). The van der Waals surface area contributed by atoms with E-state index in [9.17, 15) is 0 Å². The van der Waals surface area contributed by atoms with Crippen LogP contribution in [0.3, 0.4) is 0 Å². The molecule has 14 heavy (non-hydrogen) atoms. The van der Waals surface area contributed by atoms with Crippen molar-refractivity contribution in [3.63, 3.8) is 0 Å². The van der Waals surface area contributed by atoms with Crippen LogP contribution in [-0.2, 0) is 11.2 Å². The molecule has 0 unspecified atom stereocenters. The molecule has 1 aliphatic heterocycles. The van der Waals surface area contributed by atoms with Crippen LogP contribution in [0.1, 0.15) is 5.56 Å². The Balaban J connectivity index is 2.06.